The predicted molar refractivity (Wildman–Crippen MR) is 121 cm³/mol. The van der Waals surface area contributed by atoms with Gasteiger partial charge in [-0.05, 0) is 68.4 Å². The molecule has 0 bridgehead atoms. The number of methoxy groups -OCH3 is 1. The lowest BCUT2D eigenvalue weighted by atomic mass is 10.1. The Balaban J connectivity index is 1.54. The molecule has 3 aromatic rings. The van der Waals surface area contributed by atoms with Gasteiger partial charge in [0.2, 0.25) is 0 Å². The van der Waals surface area contributed by atoms with Crippen molar-refractivity contribution in [2.45, 2.75) is 26.5 Å². The van der Waals surface area contributed by atoms with Crippen molar-refractivity contribution in [1.82, 2.24) is 15.1 Å². The molecule has 1 unspecified atom stereocenters. The summed E-state index contributed by atoms with van der Waals surface area (Å²) in [6, 6.07) is 17.6. The standard InChI is InChI=1S/C24H27N3O5/c1-4-31-20-9-11-21(12-10-20)32-17(2)24(29)25-15-16-27-23(28)14-13-22(26-27)18-5-7-19(30-3)8-6-18/h5-14,17H,4,15-16H2,1-3H3,(H,25,29). The third-order valence-electron chi connectivity index (χ3n) is 4.69. The molecule has 0 aliphatic carbocycles. The minimum atomic E-state index is -0.691. The largest absolute Gasteiger partial charge is 0.497 e. The van der Waals surface area contributed by atoms with E-state index in [1.165, 1.54) is 10.7 Å². The number of rotatable bonds is 10. The Morgan fingerprint density at radius 1 is 1.00 bits per heavy atom. The number of nitrogens with one attached hydrogen (secondary N) is 1. The number of hydrogen-bond acceptors (Lipinski definition) is 6. The summed E-state index contributed by atoms with van der Waals surface area (Å²) in [7, 11) is 1.60. The van der Waals surface area contributed by atoms with Crippen LogP contribution in [0, 0.1) is 0 Å². The third-order valence-corrected chi connectivity index (χ3v) is 4.69. The highest BCUT2D eigenvalue weighted by Crippen LogP contribution is 2.20. The summed E-state index contributed by atoms with van der Waals surface area (Å²) in [4.78, 5) is 24.5. The quantitative estimate of drug-likeness (QED) is 0.524. The van der Waals surface area contributed by atoms with E-state index in [0.717, 1.165) is 17.1 Å². The zero-order valence-electron chi connectivity index (χ0n) is 18.4. The van der Waals surface area contributed by atoms with Crippen molar-refractivity contribution in [1.29, 1.82) is 0 Å². The Morgan fingerprint density at radius 2 is 1.66 bits per heavy atom. The smallest absolute Gasteiger partial charge is 0.266 e. The van der Waals surface area contributed by atoms with Crippen LogP contribution in [0.4, 0.5) is 0 Å². The molecule has 0 aliphatic heterocycles. The summed E-state index contributed by atoms with van der Waals surface area (Å²) in [6.45, 7) is 4.65. The number of aromatic nitrogens is 2. The van der Waals surface area contributed by atoms with Crippen molar-refractivity contribution < 1.29 is 19.0 Å². The SMILES string of the molecule is CCOc1ccc(OC(C)C(=O)NCCn2nc(-c3ccc(OC)cc3)ccc2=O)cc1. The second-order valence-corrected chi connectivity index (χ2v) is 6.96. The first kappa shape index (κ1) is 22.9. The van der Waals surface area contributed by atoms with Crippen LogP contribution in [0.5, 0.6) is 17.2 Å². The van der Waals surface area contributed by atoms with Crippen molar-refractivity contribution in [3.63, 3.8) is 0 Å². The van der Waals surface area contributed by atoms with E-state index in [1.54, 1.807) is 44.4 Å². The summed E-state index contributed by atoms with van der Waals surface area (Å²) < 4.78 is 17.6. The van der Waals surface area contributed by atoms with Crippen molar-refractivity contribution in [2.75, 3.05) is 20.3 Å². The molecular weight excluding hydrogens is 410 g/mol. The van der Waals surface area contributed by atoms with Crippen LogP contribution < -0.4 is 25.1 Å². The maximum atomic E-state index is 12.4. The number of nitrogens with zero attached hydrogens (tertiary/aromatic N) is 2. The topological polar surface area (TPSA) is 91.7 Å². The average molecular weight is 437 g/mol. The molecule has 3 rings (SSSR count). The molecule has 168 valence electrons. The van der Waals surface area contributed by atoms with Gasteiger partial charge in [0, 0.05) is 18.2 Å². The van der Waals surface area contributed by atoms with Gasteiger partial charge in [-0.1, -0.05) is 0 Å². The molecule has 8 heteroatoms. The van der Waals surface area contributed by atoms with Crippen LogP contribution in [0.2, 0.25) is 0 Å². The fourth-order valence-corrected chi connectivity index (χ4v) is 2.99. The molecule has 1 atom stereocenters. The summed E-state index contributed by atoms with van der Waals surface area (Å²) in [6.07, 6.45) is -0.691. The van der Waals surface area contributed by atoms with E-state index in [2.05, 4.69) is 10.4 Å². The molecule has 1 heterocycles. The molecule has 1 amide bonds. The molecule has 0 fully saturated rings. The Labute approximate surface area is 186 Å². The van der Waals surface area contributed by atoms with Crippen molar-refractivity contribution in [2.24, 2.45) is 0 Å². The fourth-order valence-electron chi connectivity index (χ4n) is 2.99. The van der Waals surface area contributed by atoms with Crippen molar-refractivity contribution in [3.05, 3.63) is 71.0 Å². The van der Waals surface area contributed by atoms with Gasteiger partial charge in [0.05, 0.1) is 26.0 Å². The predicted octanol–water partition coefficient (Wildman–Crippen LogP) is 2.90. The van der Waals surface area contributed by atoms with Crippen LogP contribution >= 0.6 is 0 Å². The Kier molecular flexibility index (Phi) is 7.85. The molecule has 2 aromatic carbocycles. The van der Waals surface area contributed by atoms with Gasteiger partial charge in [0.1, 0.15) is 17.2 Å². The highest BCUT2D eigenvalue weighted by molar-refractivity contribution is 5.80. The van der Waals surface area contributed by atoms with E-state index < -0.39 is 6.10 Å². The molecule has 8 nitrogen and oxygen atoms in total. The van der Waals surface area contributed by atoms with Crippen molar-refractivity contribution in [3.8, 4) is 28.5 Å². The second kappa shape index (κ2) is 11.0. The maximum Gasteiger partial charge on any atom is 0.266 e. The monoisotopic (exact) mass is 437 g/mol. The van der Waals surface area contributed by atoms with Crippen LogP contribution in [-0.4, -0.2) is 42.1 Å². The van der Waals surface area contributed by atoms with Crippen LogP contribution in [-0.2, 0) is 11.3 Å². The first-order chi connectivity index (χ1) is 15.5. The number of carbonyl (C=O) groups is 1. The molecule has 0 aliphatic rings. The maximum absolute atomic E-state index is 12.4. The molecule has 1 aromatic heterocycles. The third kappa shape index (κ3) is 6.10. The van der Waals surface area contributed by atoms with Crippen LogP contribution in [0.3, 0.4) is 0 Å². The lowest BCUT2D eigenvalue weighted by Gasteiger charge is -2.15. The highest BCUT2D eigenvalue weighted by atomic mass is 16.5. The number of carbonyl (C=O) groups excluding carboxylic acids is 1. The minimum absolute atomic E-state index is 0.240. The summed E-state index contributed by atoms with van der Waals surface area (Å²) in [5.74, 6) is 1.78. The van der Waals surface area contributed by atoms with Gasteiger partial charge in [-0.25, -0.2) is 4.68 Å². The molecule has 0 saturated heterocycles. The Bertz CT molecular complexity index is 1080. The Hall–Kier alpha value is -3.81. The van der Waals surface area contributed by atoms with E-state index in [-0.39, 0.29) is 24.6 Å². The van der Waals surface area contributed by atoms with Gasteiger partial charge in [-0.3, -0.25) is 9.59 Å². The van der Waals surface area contributed by atoms with Gasteiger partial charge in [-0.15, -0.1) is 0 Å². The van der Waals surface area contributed by atoms with Crippen LogP contribution in [0.1, 0.15) is 13.8 Å². The summed E-state index contributed by atoms with van der Waals surface area (Å²) in [5.41, 5.74) is 1.28. The van der Waals surface area contributed by atoms with E-state index in [9.17, 15) is 9.59 Å². The zero-order valence-corrected chi connectivity index (χ0v) is 18.4. The van der Waals surface area contributed by atoms with E-state index in [0.29, 0.717) is 18.1 Å². The average Bonchev–Trinajstić information content (AvgIpc) is 2.81. The number of amides is 1. The highest BCUT2D eigenvalue weighted by Gasteiger charge is 2.14. The normalized spacial score (nSPS) is 11.5. The minimum Gasteiger partial charge on any atom is -0.497 e. The summed E-state index contributed by atoms with van der Waals surface area (Å²) >= 11 is 0. The van der Waals surface area contributed by atoms with Crippen LogP contribution in [0.15, 0.2) is 65.5 Å². The molecule has 0 spiro atoms. The first-order valence-electron chi connectivity index (χ1n) is 10.4. The van der Waals surface area contributed by atoms with Crippen LogP contribution in [0.25, 0.3) is 11.3 Å². The molecule has 1 N–H and O–H groups in total. The van der Waals surface area contributed by atoms with Gasteiger partial charge in [0.15, 0.2) is 6.10 Å². The zero-order chi connectivity index (χ0) is 22.9. The number of benzene rings is 2. The summed E-state index contributed by atoms with van der Waals surface area (Å²) in [5, 5.41) is 7.18. The van der Waals surface area contributed by atoms with Gasteiger partial charge in [0.25, 0.3) is 11.5 Å². The van der Waals surface area contributed by atoms with Gasteiger partial charge in [-0.2, -0.15) is 5.10 Å². The van der Waals surface area contributed by atoms with E-state index in [1.807, 2.05) is 31.2 Å². The Morgan fingerprint density at radius 3 is 2.31 bits per heavy atom. The number of ether oxygens (including phenoxy) is 3. The lowest BCUT2D eigenvalue weighted by Crippen LogP contribution is -2.39. The molecule has 0 saturated carbocycles. The molecule has 0 radical (unpaired) electrons. The lowest BCUT2D eigenvalue weighted by molar-refractivity contribution is -0.127. The molecular formula is C24H27N3O5. The van der Waals surface area contributed by atoms with Crippen molar-refractivity contribution >= 4 is 5.91 Å². The number of hydrogen-bond donors (Lipinski definition) is 1. The second-order valence-electron chi connectivity index (χ2n) is 6.96. The van der Waals surface area contributed by atoms with Gasteiger partial charge < -0.3 is 19.5 Å². The fraction of sp³-hybridized carbons (Fsp3) is 0.292. The first-order valence-corrected chi connectivity index (χ1v) is 10.4. The van der Waals surface area contributed by atoms with E-state index >= 15 is 0 Å². The van der Waals surface area contributed by atoms with E-state index in [4.69, 9.17) is 14.2 Å². The molecule has 32 heavy (non-hydrogen) atoms. The van der Waals surface area contributed by atoms with Gasteiger partial charge >= 0.3 is 0 Å².